The molecular weight excluding hydrogens is 196 g/mol. The van der Waals surface area contributed by atoms with Crippen molar-refractivity contribution in [3.05, 3.63) is 5.57 Å². The SMILES string of the molecule is CCCCCCCCCCC(=C=O)CCC. The van der Waals surface area contributed by atoms with E-state index in [2.05, 4.69) is 19.8 Å². The van der Waals surface area contributed by atoms with Gasteiger partial charge < -0.3 is 0 Å². The highest BCUT2D eigenvalue weighted by molar-refractivity contribution is 5.52. The average molecular weight is 224 g/mol. The fourth-order valence-electron chi connectivity index (χ4n) is 2.00. The summed E-state index contributed by atoms with van der Waals surface area (Å²) in [5.74, 6) is 2.09. The Kier molecular flexibility index (Phi) is 12.1. The van der Waals surface area contributed by atoms with Crippen molar-refractivity contribution in [3.8, 4) is 0 Å². The van der Waals surface area contributed by atoms with Crippen LogP contribution < -0.4 is 0 Å². The van der Waals surface area contributed by atoms with Crippen molar-refractivity contribution < 1.29 is 4.79 Å². The summed E-state index contributed by atoms with van der Waals surface area (Å²) in [5, 5.41) is 0. The molecule has 0 heterocycles. The number of unbranched alkanes of at least 4 members (excludes halogenated alkanes) is 7. The molecule has 1 nitrogen and oxygen atoms in total. The molecule has 0 radical (unpaired) electrons. The molecule has 0 amide bonds. The van der Waals surface area contributed by atoms with Crippen LogP contribution in [0.4, 0.5) is 0 Å². The highest BCUT2D eigenvalue weighted by Crippen LogP contribution is 2.14. The van der Waals surface area contributed by atoms with Crippen molar-refractivity contribution in [2.24, 2.45) is 0 Å². The molecule has 0 unspecified atom stereocenters. The van der Waals surface area contributed by atoms with Gasteiger partial charge in [-0.3, -0.25) is 0 Å². The van der Waals surface area contributed by atoms with E-state index in [1.54, 1.807) is 0 Å². The molecule has 1 heteroatoms. The summed E-state index contributed by atoms with van der Waals surface area (Å²) in [6.07, 6.45) is 13.6. The molecule has 0 aromatic heterocycles. The second-order valence-electron chi connectivity index (χ2n) is 4.68. The van der Waals surface area contributed by atoms with Crippen LogP contribution in [0.15, 0.2) is 5.57 Å². The van der Waals surface area contributed by atoms with Gasteiger partial charge in [0, 0.05) is 5.57 Å². The van der Waals surface area contributed by atoms with Gasteiger partial charge in [0.25, 0.3) is 0 Å². The minimum atomic E-state index is 0.944. The Morgan fingerprint density at radius 3 is 1.81 bits per heavy atom. The van der Waals surface area contributed by atoms with Crippen LogP contribution in [-0.2, 0) is 4.79 Å². The molecule has 0 fully saturated rings. The largest absolute Gasteiger partial charge is 0.234 e. The molecule has 0 aromatic rings. The van der Waals surface area contributed by atoms with E-state index in [0.717, 1.165) is 24.8 Å². The first kappa shape index (κ1) is 15.4. The normalized spacial score (nSPS) is 10.1. The first-order valence-electron chi connectivity index (χ1n) is 7.08. The lowest BCUT2D eigenvalue weighted by Gasteiger charge is -2.02. The molecule has 16 heavy (non-hydrogen) atoms. The molecule has 0 saturated carbocycles. The van der Waals surface area contributed by atoms with Gasteiger partial charge in [-0.05, 0) is 19.3 Å². The van der Waals surface area contributed by atoms with Crippen LogP contribution in [0.5, 0.6) is 0 Å². The highest BCUT2D eigenvalue weighted by Gasteiger charge is 1.97. The predicted octanol–water partition coefficient (Wildman–Crippen LogP) is 5.08. The van der Waals surface area contributed by atoms with Gasteiger partial charge in [0.05, 0.1) is 0 Å². The number of hydrogen-bond acceptors (Lipinski definition) is 1. The Labute approximate surface area is 101 Å². The molecule has 0 saturated heterocycles. The maximum atomic E-state index is 10.6. The van der Waals surface area contributed by atoms with Crippen LogP contribution in [0.3, 0.4) is 0 Å². The summed E-state index contributed by atoms with van der Waals surface area (Å²) in [6, 6.07) is 0. The molecule has 0 spiro atoms. The summed E-state index contributed by atoms with van der Waals surface area (Å²) in [4.78, 5) is 10.6. The predicted molar refractivity (Wildman–Crippen MR) is 71.3 cm³/mol. The lowest BCUT2D eigenvalue weighted by atomic mass is 10.0. The van der Waals surface area contributed by atoms with Crippen LogP contribution in [0.1, 0.15) is 84.5 Å². The Bertz CT molecular complexity index is 190. The van der Waals surface area contributed by atoms with Gasteiger partial charge in [0.1, 0.15) is 5.94 Å². The molecule has 0 bridgehead atoms. The Morgan fingerprint density at radius 1 is 0.750 bits per heavy atom. The third kappa shape index (κ3) is 9.98. The summed E-state index contributed by atoms with van der Waals surface area (Å²) in [7, 11) is 0. The van der Waals surface area contributed by atoms with Crippen molar-refractivity contribution in [3.63, 3.8) is 0 Å². The van der Waals surface area contributed by atoms with Gasteiger partial charge in [-0.2, -0.15) is 0 Å². The number of carbonyl (C=O) groups excluding carboxylic acids is 1. The minimum absolute atomic E-state index is 0.944. The van der Waals surface area contributed by atoms with E-state index < -0.39 is 0 Å². The topological polar surface area (TPSA) is 17.1 Å². The standard InChI is InChI=1S/C15H28O/c1-3-5-6-7-8-9-10-11-13-15(14-16)12-4-2/h3-13H2,1-2H3. The van der Waals surface area contributed by atoms with Crippen molar-refractivity contribution in [1.29, 1.82) is 0 Å². The zero-order valence-electron chi connectivity index (χ0n) is 11.2. The van der Waals surface area contributed by atoms with Gasteiger partial charge in [-0.15, -0.1) is 0 Å². The first-order valence-corrected chi connectivity index (χ1v) is 7.08. The minimum Gasteiger partial charge on any atom is -0.234 e. The second kappa shape index (κ2) is 12.5. The number of rotatable bonds is 11. The molecule has 0 aliphatic heterocycles. The zero-order valence-corrected chi connectivity index (χ0v) is 11.2. The van der Waals surface area contributed by atoms with E-state index in [1.165, 1.54) is 51.4 Å². The quantitative estimate of drug-likeness (QED) is 0.353. The Balaban J connectivity index is 3.23. The molecule has 0 N–H and O–H groups in total. The number of allylic oxidation sites excluding steroid dienone is 1. The summed E-state index contributed by atoms with van der Waals surface area (Å²) >= 11 is 0. The molecule has 0 atom stereocenters. The Morgan fingerprint density at radius 2 is 1.31 bits per heavy atom. The maximum Gasteiger partial charge on any atom is 0.123 e. The average Bonchev–Trinajstić information content (AvgIpc) is 2.31. The van der Waals surface area contributed by atoms with Crippen LogP contribution in [0.25, 0.3) is 0 Å². The zero-order chi connectivity index (χ0) is 12.1. The van der Waals surface area contributed by atoms with E-state index in [1.807, 2.05) is 0 Å². The van der Waals surface area contributed by atoms with Crippen molar-refractivity contribution in [1.82, 2.24) is 0 Å². The van der Waals surface area contributed by atoms with Crippen LogP contribution in [0, 0.1) is 0 Å². The summed E-state index contributed by atoms with van der Waals surface area (Å²) in [6.45, 7) is 4.37. The van der Waals surface area contributed by atoms with Gasteiger partial charge in [-0.1, -0.05) is 65.2 Å². The monoisotopic (exact) mass is 224 g/mol. The summed E-state index contributed by atoms with van der Waals surface area (Å²) in [5.41, 5.74) is 0.994. The van der Waals surface area contributed by atoms with Crippen molar-refractivity contribution in [2.45, 2.75) is 84.5 Å². The maximum absolute atomic E-state index is 10.6. The van der Waals surface area contributed by atoms with E-state index in [9.17, 15) is 4.79 Å². The van der Waals surface area contributed by atoms with Crippen LogP contribution in [-0.4, -0.2) is 5.94 Å². The van der Waals surface area contributed by atoms with E-state index in [0.29, 0.717) is 0 Å². The van der Waals surface area contributed by atoms with Crippen molar-refractivity contribution >= 4 is 5.94 Å². The molecule has 94 valence electrons. The van der Waals surface area contributed by atoms with Crippen molar-refractivity contribution in [2.75, 3.05) is 0 Å². The molecule has 0 aromatic carbocycles. The van der Waals surface area contributed by atoms with Crippen LogP contribution >= 0.6 is 0 Å². The fraction of sp³-hybridized carbons (Fsp3) is 0.867. The fourth-order valence-corrected chi connectivity index (χ4v) is 2.00. The number of hydrogen-bond donors (Lipinski definition) is 0. The van der Waals surface area contributed by atoms with Crippen LogP contribution in [0.2, 0.25) is 0 Å². The van der Waals surface area contributed by atoms with Gasteiger partial charge in [0.15, 0.2) is 0 Å². The lowest BCUT2D eigenvalue weighted by Crippen LogP contribution is -1.86. The van der Waals surface area contributed by atoms with Gasteiger partial charge >= 0.3 is 0 Å². The van der Waals surface area contributed by atoms with E-state index in [-0.39, 0.29) is 0 Å². The smallest absolute Gasteiger partial charge is 0.123 e. The molecule has 0 aliphatic carbocycles. The second-order valence-corrected chi connectivity index (χ2v) is 4.68. The van der Waals surface area contributed by atoms with E-state index in [4.69, 9.17) is 0 Å². The molecular formula is C15H28O. The lowest BCUT2D eigenvalue weighted by molar-refractivity contribution is 0.557. The molecule has 0 aliphatic rings. The van der Waals surface area contributed by atoms with E-state index >= 15 is 0 Å². The third-order valence-electron chi connectivity index (χ3n) is 3.03. The Hall–Kier alpha value is -0.550. The summed E-state index contributed by atoms with van der Waals surface area (Å²) < 4.78 is 0. The molecule has 0 rings (SSSR count). The van der Waals surface area contributed by atoms with Gasteiger partial charge in [-0.25, -0.2) is 4.79 Å². The highest BCUT2D eigenvalue weighted by atomic mass is 16.1. The third-order valence-corrected chi connectivity index (χ3v) is 3.03. The van der Waals surface area contributed by atoms with Gasteiger partial charge in [0.2, 0.25) is 0 Å². The first-order chi connectivity index (χ1) is 7.85.